The Balaban J connectivity index is 1.40. The van der Waals surface area contributed by atoms with Crippen LogP contribution in [0.15, 0.2) is 45.6 Å². The van der Waals surface area contributed by atoms with E-state index in [-0.39, 0.29) is 12.5 Å². The monoisotopic (exact) mass is 510 g/mol. The molecule has 0 spiro atoms. The van der Waals surface area contributed by atoms with E-state index in [1.807, 2.05) is 13.0 Å². The zero-order valence-corrected chi connectivity index (χ0v) is 21.5. The zero-order valence-electron chi connectivity index (χ0n) is 20.7. The maximum Gasteiger partial charge on any atom is 0.341 e. The van der Waals surface area contributed by atoms with Crippen molar-refractivity contribution in [3.63, 3.8) is 0 Å². The van der Waals surface area contributed by atoms with Crippen LogP contribution in [-0.2, 0) is 23.0 Å². The molecule has 1 amide bonds. The fraction of sp³-hybridized carbons (Fsp3) is 0.385. The summed E-state index contributed by atoms with van der Waals surface area (Å²) in [7, 11) is -1.28. The Labute approximate surface area is 210 Å². The normalized spacial score (nSPS) is 16.8. The molecule has 0 bridgehead atoms. The van der Waals surface area contributed by atoms with Crippen LogP contribution in [0.5, 0.6) is 0 Å². The molecule has 36 heavy (non-hydrogen) atoms. The third-order valence-corrected chi connectivity index (χ3v) is 7.66. The Hall–Kier alpha value is -3.37. The third kappa shape index (κ3) is 4.70. The van der Waals surface area contributed by atoms with Crippen molar-refractivity contribution in [2.24, 2.45) is 0 Å². The van der Waals surface area contributed by atoms with Gasteiger partial charge in [0.25, 0.3) is 5.91 Å². The quantitative estimate of drug-likeness (QED) is 0.538. The van der Waals surface area contributed by atoms with Crippen molar-refractivity contribution in [3.8, 4) is 0 Å². The molecule has 1 fully saturated rings. The molecular weight excluding hydrogens is 480 g/mol. The number of sulfonamides is 1. The van der Waals surface area contributed by atoms with E-state index < -0.39 is 15.6 Å². The van der Waals surface area contributed by atoms with Crippen molar-refractivity contribution in [2.45, 2.75) is 19.9 Å². The number of benzene rings is 2. The zero-order chi connectivity index (χ0) is 25.6. The summed E-state index contributed by atoms with van der Waals surface area (Å²) in [5.74, 6) is -0.215. The van der Waals surface area contributed by atoms with Gasteiger partial charge in [0, 0.05) is 60.6 Å². The highest BCUT2D eigenvalue weighted by molar-refractivity contribution is 7.92. The average molecular weight is 511 g/mol. The van der Waals surface area contributed by atoms with E-state index in [0.29, 0.717) is 35.4 Å². The van der Waals surface area contributed by atoms with Gasteiger partial charge in [-0.25, -0.2) is 13.2 Å². The second-order valence-corrected chi connectivity index (χ2v) is 11.4. The van der Waals surface area contributed by atoms with Gasteiger partial charge in [-0.05, 0) is 62.4 Å². The number of nitrogens with zero attached hydrogens (tertiary/aromatic N) is 3. The summed E-state index contributed by atoms with van der Waals surface area (Å²) in [6.07, 6.45) is 1.63. The van der Waals surface area contributed by atoms with Crippen LogP contribution in [0.4, 0.5) is 11.4 Å². The summed E-state index contributed by atoms with van der Waals surface area (Å²) in [6, 6.07) is 10.4. The number of amides is 1. The first-order valence-corrected chi connectivity index (χ1v) is 13.9. The molecule has 0 atom stereocenters. The molecule has 9 nitrogen and oxygen atoms in total. The first-order valence-electron chi connectivity index (χ1n) is 12.0. The number of nitrogens with one attached hydrogen (secondary N) is 1. The molecule has 2 aliphatic rings. The lowest BCUT2D eigenvalue weighted by Gasteiger charge is -2.35. The Bertz CT molecular complexity index is 1490. The van der Waals surface area contributed by atoms with Crippen LogP contribution in [-0.4, -0.2) is 70.2 Å². The minimum Gasteiger partial charge on any atom is -0.422 e. The number of hydrogen-bond donors (Lipinski definition) is 1. The van der Waals surface area contributed by atoms with E-state index in [9.17, 15) is 18.0 Å². The minimum atomic E-state index is -3.40. The lowest BCUT2D eigenvalue weighted by Crippen LogP contribution is -2.44. The molecule has 2 aromatic carbocycles. The van der Waals surface area contributed by atoms with Gasteiger partial charge in [0.15, 0.2) is 0 Å². The van der Waals surface area contributed by atoms with E-state index in [1.165, 1.54) is 0 Å². The molecule has 190 valence electrons. The van der Waals surface area contributed by atoms with Gasteiger partial charge in [-0.15, -0.1) is 0 Å². The lowest BCUT2D eigenvalue weighted by molar-refractivity contribution is 0.0733. The highest BCUT2D eigenvalue weighted by Crippen LogP contribution is 2.33. The fourth-order valence-corrected chi connectivity index (χ4v) is 5.66. The van der Waals surface area contributed by atoms with Crippen molar-refractivity contribution in [3.05, 3.63) is 69.1 Å². The summed E-state index contributed by atoms with van der Waals surface area (Å²) in [5, 5.41) is 0.934. The summed E-state index contributed by atoms with van der Waals surface area (Å²) >= 11 is 0. The van der Waals surface area contributed by atoms with E-state index in [4.69, 9.17) is 4.42 Å². The van der Waals surface area contributed by atoms with E-state index in [1.54, 1.807) is 29.2 Å². The number of fused-ring (bicyclic) bond motifs is 3. The molecule has 10 heteroatoms. The van der Waals surface area contributed by atoms with Crippen LogP contribution in [0.25, 0.3) is 11.0 Å². The number of likely N-dealkylation sites (N-methyl/N-ethyl adjacent to an activating group) is 1. The van der Waals surface area contributed by atoms with Gasteiger partial charge in [0.1, 0.15) is 5.58 Å². The topological polar surface area (TPSA) is 103 Å². The molecule has 0 radical (unpaired) electrons. The molecule has 2 aliphatic heterocycles. The Kier molecular flexibility index (Phi) is 6.25. The van der Waals surface area contributed by atoms with Crippen molar-refractivity contribution < 1.29 is 17.6 Å². The van der Waals surface area contributed by atoms with E-state index >= 15 is 0 Å². The predicted molar refractivity (Wildman–Crippen MR) is 140 cm³/mol. The number of carbonyl (C=O) groups is 1. The molecule has 0 aliphatic carbocycles. The van der Waals surface area contributed by atoms with Crippen LogP contribution in [0.2, 0.25) is 0 Å². The van der Waals surface area contributed by atoms with Gasteiger partial charge in [0.2, 0.25) is 10.0 Å². The average Bonchev–Trinajstić information content (AvgIpc) is 2.84. The molecule has 0 saturated carbocycles. The van der Waals surface area contributed by atoms with Gasteiger partial charge >= 0.3 is 5.63 Å². The van der Waals surface area contributed by atoms with Crippen LogP contribution in [0.1, 0.15) is 27.0 Å². The maximum atomic E-state index is 13.1. The predicted octanol–water partition coefficient (Wildman–Crippen LogP) is 2.42. The van der Waals surface area contributed by atoms with Crippen molar-refractivity contribution in [1.29, 1.82) is 0 Å². The highest BCUT2D eigenvalue weighted by atomic mass is 32.2. The molecular formula is C26H30N4O5S. The van der Waals surface area contributed by atoms with Gasteiger partial charge in [-0.3, -0.25) is 9.52 Å². The van der Waals surface area contributed by atoms with Crippen molar-refractivity contribution in [2.75, 3.05) is 55.6 Å². The minimum absolute atomic E-state index is 0.176. The molecule has 1 aromatic heterocycles. The first-order chi connectivity index (χ1) is 17.1. The van der Waals surface area contributed by atoms with Gasteiger partial charge in [0.05, 0.1) is 18.4 Å². The number of piperazine rings is 1. The summed E-state index contributed by atoms with van der Waals surface area (Å²) in [6.45, 7) is 6.51. The molecule has 1 N–H and O–H groups in total. The summed E-state index contributed by atoms with van der Waals surface area (Å²) in [5.41, 5.74) is 4.57. The third-order valence-electron chi connectivity index (χ3n) is 7.05. The van der Waals surface area contributed by atoms with Crippen LogP contribution < -0.4 is 15.2 Å². The highest BCUT2D eigenvalue weighted by Gasteiger charge is 2.28. The Morgan fingerprint density at radius 3 is 2.33 bits per heavy atom. The van der Waals surface area contributed by atoms with Crippen LogP contribution >= 0.6 is 0 Å². The number of aryl methyl sites for hydroxylation is 1. The largest absolute Gasteiger partial charge is 0.422 e. The second-order valence-electron chi connectivity index (χ2n) is 9.65. The fourth-order valence-electron chi connectivity index (χ4n) is 5.09. The molecule has 3 aromatic rings. The summed E-state index contributed by atoms with van der Waals surface area (Å²) in [4.78, 5) is 32.5. The van der Waals surface area contributed by atoms with E-state index in [2.05, 4.69) is 27.6 Å². The molecule has 1 saturated heterocycles. The van der Waals surface area contributed by atoms with Gasteiger partial charge in [-0.2, -0.15) is 0 Å². The smallest absolute Gasteiger partial charge is 0.341 e. The lowest BCUT2D eigenvalue weighted by atomic mass is 9.95. The molecule has 5 rings (SSSR count). The van der Waals surface area contributed by atoms with Crippen LogP contribution in [0, 0.1) is 6.92 Å². The second kappa shape index (κ2) is 9.25. The molecule has 0 unspecified atom stereocenters. The van der Waals surface area contributed by atoms with Crippen molar-refractivity contribution in [1.82, 2.24) is 9.80 Å². The van der Waals surface area contributed by atoms with Gasteiger partial charge < -0.3 is 19.1 Å². The van der Waals surface area contributed by atoms with Gasteiger partial charge in [-0.1, -0.05) is 0 Å². The first kappa shape index (κ1) is 24.3. The number of hydrogen-bond acceptors (Lipinski definition) is 7. The summed E-state index contributed by atoms with van der Waals surface area (Å²) < 4.78 is 31.1. The SMILES string of the molecule is Cc1c(N2CCN(C)CC2)ccc2c3c(c(=O)oc12)CN(C(=O)c1ccc(NS(C)(=O)=O)cc1)CC3. The maximum absolute atomic E-state index is 13.1. The standard InChI is InChI=1S/C26H30N4O5S/c1-17-23(29-14-12-28(2)13-15-29)9-8-21-20-10-11-30(16-22(20)26(32)35-24(17)21)25(31)18-4-6-19(7-5-18)27-36(3,33)34/h4-9,27H,10-16H2,1-3H3. The number of carbonyl (C=O) groups excluding carboxylic acids is 1. The molecule has 3 heterocycles. The number of anilines is 2. The number of rotatable bonds is 4. The van der Waals surface area contributed by atoms with Crippen LogP contribution in [0.3, 0.4) is 0 Å². The Morgan fingerprint density at radius 1 is 0.972 bits per heavy atom. The van der Waals surface area contributed by atoms with E-state index in [0.717, 1.165) is 54.6 Å². The Morgan fingerprint density at radius 2 is 1.67 bits per heavy atom. The van der Waals surface area contributed by atoms with Crippen molar-refractivity contribution >= 4 is 38.3 Å².